The smallest absolute Gasteiger partial charge is 0.492 e. The molecule has 0 radical (unpaired) electrons. The molecular weight excluding hydrogens is 1130 g/mol. The lowest BCUT2D eigenvalue weighted by Gasteiger charge is -2.49. The van der Waals surface area contributed by atoms with E-state index in [1.54, 1.807) is 46.1 Å². The van der Waals surface area contributed by atoms with Gasteiger partial charge in [-0.3, -0.25) is 24.1 Å². The molecule has 1 aromatic carbocycles. The van der Waals surface area contributed by atoms with Gasteiger partial charge in [0.25, 0.3) is 0 Å². The Bertz CT molecular complexity index is 2800. The van der Waals surface area contributed by atoms with Crippen LogP contribution in [-0.4, -0.2) is 218 Å². The molecule has 86 heavy (non-hydrogen) atoms. The number of benzene rings is 1. The summed E-state index contributed by atoms with van der Waals surface area (Å²) in [5, 5.41) is 39.7. The van der Waals surface area contributed by atoms with E-state index in [1.165, 1.54) is 20.4 Å². The zero-order valence-corrected chi connectivity index (χ0v) is 52.4. The van der Waals surface area contributed by atoms with Gasteiger partial charge < -0.3 is 87.5 Å². The van der Waals surface area contributed by atoms with Gasteiger partial charge >= 0.3 is 24.1 Å². The number of hydrogen-bond donors (Lipinski definition) is 5. The molecule has 1 aromatic heterocycles. The Morgan fingerprint density at radius 3 is 2.28 bits per heavy atom. The minimum atomic E-state index is -1.67. The highest BCUT2D eigenvalue weighted by Crippen LogP contribution is 2.45. The number of carboxylic acid groups (broad SMARTS) is 1. The number of ether oxygens (including phenoxy) is 11. The number of methoxy groups -OCH3 is 2. The summed E-state index contributed by atoms with van der Waals surface area (Å²) in [6, 6.07) is 0.139. The number of carbonyl (C=O) groups is 5. The molecule has 5 N–H and O–H groups in total. The largest absolute Gasteiger partial charge is 0.509 e. The van der Waals surface area contributed by atoms with E-state index in [2.05, 4.69) is 10.6 Å². The third kappa shape index (κ3) is 15.1. The number of aliphatic hydroxyl groups is 2. The van der Waals surface area contributed by atoms with Gasteiger partial charge in [0, 0.05) is 63.3 Å². The molecule has 484 valence electrons. The number of likely N-dealkylation sites (N-methyl/N-ethyl adjacent to an activating group) is 2. The van der Waals surface area contributed by atoms with Crippen molar-refractivity contribution in [3.05, 3.63) is 33.9 Å². The molecule has 18 atom stereocenters. The molecule has 4 aliphatic heterocycles. The maximum absolute atomic E-state index is 15.5. The minimum Gasteiger partial charge on any atom is -0.492 e. The third-order valence-electron chi connectivity index (χ3n) is 17.9. The number of aromatic nitrogens is 1. The van der Waals surface area contributed by atoms with Gasteiger partial charge in [-0.05, 0) is 114 Å². The molecule has 1 amide bonds. The topological polar surface area (TPSA) is 300 Å². The van der Waals surface area contributed by atoms with E-state index in [0.29, 0.717) is 13.0 Å². The minimum absolute atomic E-state index is 0.0156. The molecule has 26 heteroatoms. The van der Waals surface area contributed by atoms with Gasteiger partial charge in [0.05, 0.1) is 67.2 Å². The lowest BCUT2D eigenvalue weighted by atomic mass is 9.77. The number of hydrogen-bond acceptors (Lipinski definition) is 22. The van der Waals surface area contributed by atoms with Gasteiger partial charge in [-0.25, -0.2) is 14.0 Å². The summed E-state index contributed by atoms with van der Waals surface area (Å²) in [7, 11) is 8.36. The molecular formula is C60H92FN5O20. The van der Waals surface area contributed by atoms with E-state index < -0.39 is 143 Å². The average molecular weight is 1220 g/mol. The van der Waals surface area contributed by atoms with Gasteiger partial charge in [-0.2, -0.15) is 0 Å². The fourth-order valence-corrected chi connectivity index (χ4v) is 13.1. The number of nitrogens with one attached hydrogen (secondary N) is 2. The van der Waals surface area contributed by atoms with Gasteiger partial charge in [0.1, 0.15) is 35.6 Å². The van der Waals surface area contributed by atoms with Gasteiger partial charge in [-0.15, -0.1) is 0 Å². The van der Waals surface area contributed by atoms with Crippen LogP contribution in [0.25, 0.3) is 10.9 Å². The number of aliphatic hydroxyl groups excluding tert-OH is 1. The second kappa shape index (κ2) is 28.0. The number of carboxylic acids is 1. The van der Waals surface area contributed by atoms with Crippen LogP contribution in [0.4, 0.5) is 14.9 Å². The van der Waals surface area contributed by atoms with Crippen molar-refractivity contribution in [1.82, 2.24) is 19.7 Å². The first-order valence-corrected chi connectivity index (χ1v) is 29.9. The van der Waals surface area contributed by atoms with Crippen LogP contribution in [0.2, 0.25) is 0 Å². The number of rotatable bonds is 20. The van der Waals surface area contributed by atoms with E-state index in [1.807, 2.05) is 58.6 Å². The highest BCUT2D eigenvalue weighted by Gasteiger charge is 2.59. The molecule has 5 aliphatic rings. The van der Waals surface area contributed by atoms with Crippen LogP contribution in [0, 0.1) is 23.6 Å². The number of anilines is 1. The third-order valence-corrected chi connectivity index (χ3v) is 17.9. The van der Waals surface area contributed by atoms with Gasteiger partial charge in [0.2, 0.25) is 11.3 Å². The summed E-state index contributed by atoms with van der Waals surface area (Å²) in [5.74, 6) is -6.48. The molecule has 0 spiro atoms. The number of halogens is 1. The van der Waals surface area contributed by atoms with Crippen molar-refractivity contribution in [3.8, 4) is 5.75 Å². The molecule has 5 fully saturated rings. The van der Waals surface area contributed by atoms with Crippen LogP contribution in [0.5, 0.6) is 5.75 Å². The number of fused-ring (bicyclic) bond motifs is 2. The summed E-state index contributed by atoms with van der Waals surface area (Å²) in [6.45, 7) is 17.6. The molecule has 1 unspecified atom stereocenters. The number of cyclic esters (lactones) is 1. The maximum Gasteiger partial charge on any atom is 0.509 e. The molecule has 0 bridgehead atoms. The summed E-state index contributed by atoms with van der Waals surface area (Å²) in [4.78, 5) is 83.0. The van der Waals surface area contributed by atoms with Crippen LogP contribution < -0.4 is 20.8 Å². The fourth-order valence-electron chi connectivity index (χ4n) is 13.1. The molecule has 4 saturated heterocycles. The Morgan fingerprint density at radius 1 is 0.953 bits per heavy atom. The maximum atomic E-state index is 15.5. The Labute approximate surface area is 502 Å². The highest BCUT2D eigenvalue weighted by molar-refractivity contribution is 5.97. The Kier molecular flexibility index (Phi) is 22.2. The summed E-state index contributed by atoms with van der Waals surface area (Å²) in [5.41, 5.74) is -5.43. The predicted octanol–water partition coefficient (Wildman–Crippen LogP) is 4.76. The normalized spacial score (nSPS) is 35.8. The van der Waals surface area contributed by atoms with Crippen LogP contribution in [0.3, 0.4) is 0 Å². The van der Waals surface area contributed by atoms with Crippen molar-refractivity contribution < 1.29 is 95.8 Å². The monoisotopic (exact) mass is 1220 g/mol. The molecule has 25 nitrogen and oxygen atoms in total. The number of pyridine rings is 1. The summed E-state index contributed by atoms with van der Waals surface area (Å²) >= 11 is 0. The SMILES string of the molecule is CC[C@H]1OC(=O)[C@H](C)[C@@H](OC2C[C@@](C)(OC)[C@@H](OC(=O)CNC(=O)CCOCCNc3c(F)cc4c(=O)c(C(=O)O)cn(C5CC5)c4c3OC)[C@H](C)O2)[C@H](C)[C@@H](O[C@@H]2O[C@H](C)C[C@H](N(C)C)[C@H]2O)[C@](C)(O)C[C@@H](C)CN(C)[C@H](C)[C@@H]2OC(=O)O[C@]12C. The molecule has 1 aliphatic carbocycles. The average Bonchev–Trinajstić information content (AvgIpc) is 1.62. The predicted molar refractivity (Wildman–Crippen MR) is 308 cm³/mol. The van der Waals surface area contributed by atoms with E-state index in [-0.39, 0.29) is 91.9 Å². The van der Waals surface area contributed by atoms with Crippen molar-refractivity contribution in [2.45, 2.75) is 211 Å². The zero-order valence-electron chi connectivity index (χ0n) is 52.4. The Morgan fingerprint density at radius 2 is 1.65 bits per heavy atom. The first-order valence-electron chi connectivity index (χ1n) is 29.9. The number of esters is 2. The van der Waals surface area contributed by atoms with Crippen molar-refractivity contribution in [2.75, 3.05) is 73.5 Å². The number of aromatic carboxylic acids is 1. The molecule has 2 aromatic rings. The summed E-state index contributed by atoms with van der Waals surface area (Å²) < 4.78 is 85.0. The van der Waals surface area contributed by atoms with E-state index in [4.69, 9.17) is 52.1 Å². The van der Waals surface area contributed by atoms with E-state index >= 15 is 4.39 Å². The molecule has 1 saturated carbocycles. The highest BCUT2D eigenvalue weighted by atomic mass is 19.1. The standard InChI is InChI=1S/C60H92FN5O20/c1-16-41-60(10)52(85-57(74)86-60)34(6)65(13)28-30(2)25-58(8,75)51(84-56-48(70)40(64(11)12)23-31(3)79-56)32(4)49(33(5)55(73)81-41)83-44-26-59(9,77-15)53(35(7)80-44)82-43(68)27-63-42(67)19-21-78-22-20-62-45-39(61)24-37-46(50(45)76-14)66(36-17-18-36)29-38(47(37)69)54(71)72/h24,29-36,40-41,44,48-49,51-53,56,62,70,75H,16-23,25-28H2,1-15H3,(H,63,67)(H,71,72)/t30-,31-,32+,33-,34-,35+,40+,41-,44?,48-,49+,51-,52+,53+,56+,58-,59-,60-/m1/s1. The first-order chi connectivity index (χ1) is 40.4. The lowest BCUT2D eigenvalue weighted by molar-refractivity contribution is -0.318. The number of amides is 1. The Hall–Kier alpha value is -5.29. The van der Waals surface area contributed by atoms with Crippen molar-refractivity contribution in [2.24, 2.45) is 17.8 Å². The lowest BCUT2D eigenvalue weighted by Crippen LogP contribution is -2.61. The quantitative estimate of drug-likeness (QED) is 0.0678. The number of carbonyl (C=O) groups excluding carboxylic acids is 4. The Balaban J connectivity index is 1.02. The van der Waals surface area contributed by atoms with Crippen LogP contribution in [0.15, 0.2) is 17.1 Å². The van der Waals surface area contributed by atoms with E-state index in [9.17, 15) is 44.1 Å². The molecule has 7 rings (SSSR count). The number of nitrogens with zero attached hydrogens (tertiary/aromatic N) is 3. The van der Waals surface area contributed by atoms with Crippen LogP contribution >= 0.6 is 0 Å². The molecule has 5 heterocycles. The van der Waals surface area contributed by atoms with E-state index in [0.717, 1.165) is 18.9 Å². The summed E-state index contributed by atoms with van der Waals surface area (Å²) in [6.07, 6.45) is -7.31. The first kappa shape index (κ1) is 68.2. The second-order valence-electron chi connectivity index (χ2n) is 25.1. The van der Waals surface area contributed by atoms with Crippen LogP contribution in [0.1, 0.15) is 131 Å². The van der Waals surface area contributed by atoms with Gasteiger partial charge in [-0.1, -0.05) is 20.8 Å². The van der Waals surface area contributed by atoms with Crippen molar-refractivity contribution in [1.29, 1.82) is 0 Å². The van der Waals surface area contributed by atoms with Crippen molar-refractivity contribution >= 4 is 46.6 Å². The second-order valence-corrected chi connectivity index (χ2v) is 25.1. The zero-order chi connectivity index (χ0) is 63.5. The van der Waals surface area contributed by atoms with Crippen molar-refractivity contribution in [3.63, 3.8) is 0 Å². The van der Waals surface area contributed by atoms with Crippen LogP contribution in [-0.2, 0) is 61.8 Å². The fraction of sp³-hybridized carbons (Fsp3) is 0.767. The van der Waals surface area contributed by atoms with Gasteiger partial charge in [0.15, 0.2) is 42.0 Å².